The van der Waals surface area contributed by atoms with Gasteiger partial charge in [0.05, 0.1) is 0 Å². The van der Waals surface area contributed by atoms with Crippen LogP contribution in [0, 0.1) is 0 Å². The molecule has 9 aromatic carbocycles. The molecule has 10 rings (SSSR count). The topological polar surface area (TPSA) is 0 Å². The first-order valence-corrected chi connectivity index (χ1v) is 20.9. The van der Waals surface area contributed by atoms with Crippen LogP contribution >= 0.6 is 0 Å². The average Bonchev–Trinajstić information content (AvgIpc) is 3.59. The Balaban J connectivity index is 1.34. The molecular weight excluding hydrogens is 746 g/mol. The molecule has 5 radical (unpaired) electrons. The molecule has 239 valence electrons. The molecule has 0 unspecified atom stereocenters. The third-order valence-corrected chi connectivity index (χ3v) is 14.4. The Bertz CT molecular complexity index is 2830. The van der Waals surface area contributed by atoms with Crippen LogP contribution in [0.4, 0.5) is 0 Å². The zero-order valence-electron chi connectivity index (χ0n) is 28.4. The Morgan fingerprint density at radius 1 is 0.288 bits per heavy atom. The van der Waals surface area contributed by atoms with E-state index in [-0.39, 0.29) is 15.4 Å². The Hall–Kier alpha value is -5.41. The normalized spacial score (nSPS) is 11.9. The molecule has 0 saturated carbocycles. The first-order chi connectivity index (χ1) is 25.7. The second-order valence-corrected chi connectivity index (χ2v) is 17.4. The summed E-state index contributed by atoms with van der Waals surface area (Å²) in [4.78, 5) is 0. The summed E-state index contributed by atoms with van der Waals surface area (Å²) in [6.07, 6.45) is 0. The van der Waals surface area contributed by atoms with Crippen molar-refractivity contribution in [1.29, 1.82) is 0 Å². The minimum absolute atomic E-state index is 0.381. The number of hydrogen-bond acceptors (Lipinski definition) is 0. The van der Waals surface area contributed by atoms with Gasteiger partial charge in [0.25, 0.3) is 0 Å². The van der Waals surface area contributed by atoms with Gasteiger partial charge in [-0.3, -0.25) is 0 Å². The van der Waals surface area contributed by atoms with Gasteiger partial charge in [-0.15, -0.1) is 0 Å². The molecule has 9 aromatic rings. The van der Waals surface area contributed by atoms with Crippen molar-refractivity contribution in [2.75, 3.05) is 0 Å². The van der Waals surface area contributed by atoms with Gasteiger partial charge in [-0.05, 0) is 0 Å². The second kappa shape index (κ2) is 13.0. The summed E-state index contributed by atoms with van der Waals surface area (Å²) in [5.74, 6) is 0. The summed E-state index contributed by atoms with van der Waals surface area (Å²) in [6.45, 7) is 0. The summed E-state index contributed by atoms with van der Waals surface area (Å²) in [7, 11) is 0. The van der Waals surface area contributed by atoms with Gasteiger partial charge in [-0.25, -0.2) is 0 Å². The molecule has 0 aromatic heterocycles. The van der Waals surface area contributed by atoms with E-state index < -0.39 is 0 Å². The van der Waals surface area contributed by atoms with Crippen LogP contribution in [0.5, 0.6) is 0 Å². The monoisotopic (exact) mass is 779 g/mol. The van der Waals surface area contributed by atoms with Crippen LogP contribution in [-0.2, 0) is 0 Å². The van der Waals surface area contributed by atoms with Gasteiger partial charge in [0.15, 0.2) is 0 Å². The second-order valence-electron chi connectivity index (χ2n) is 13.5. The predicted molar refractivity (Wildman–Crippen MR) is 224 cm³/mol. The Morgan fingerprint density at radius 3 is 1.48 bits per heavy atom. The van der Waals surface area contributed by atoms with Crippen molar-refractivity contribution in [3.05, 3.63) is 188 Å². The molecule has 52 heavy (non-hydrogen) atoms. The van der Waals surface area contributed by atoms with E-state index in [0.29, 0.717) is 0 Å². The molecule has 0 aliphatic carbocycles. The quantitative estimate of drug-likeness (QED) is 0.121. The summed E-state index contributed by atoms with van der Waals surface area (Å²) in [5.41, 5.74) is 15.5. The molecular formula is C50H31Ge2. The molecule has 0 nitrogen and oxygen atoms in total. The fourth-order valence-electron chi connectivity index (χ4n) is 8.29. The summed E-state index contributed by atoms with van der Waals surface area (Å²) >= 11 is 1.83. The van der Waals surface area contributed by atoms with Crippen molar-refractivity contribution in [2.24, 2.45) is 0 Å². The van der Waals surface area contributed by atoms with Crippen molar-refractivity contribution >= 4 is 66.7 Å². The van der Waals surface area contributed by atoms with Crippen LogP contribution in [0.25, 0.3) is 88.3 Å². The van der Waals surface area contributed by atoms with Gasteiger partial charge in [0.2, 0.25) is 0 Å². The summed E-state index contributed by atoms with van der Waals surface area (Å²) in [6, 6.07) is 69.9. The maximum absolute atomic E-state index is 2.50. The van der Waals surface area contributed by atoms with Crippen LogP contribution in [-0.4, -0.2) is 31.9 Å². The van der Waals surface area contributed by atoms with Gasteiger partial charge in [0, 0.05) is 0 Å². The van der Waals surface area contributed by atoms with Crippen molar-refractivity contribution in [3.8, 4) is 66.8 Å². The first-order valence-electron chi connectivity index (χ1n) is 17.8. The molecule has 0 spiro atoms. The van der Waals surface area contributed by atoms with Gasteiger partial charge < -0.3 is 0 Å². The van der Waals surface area contributed by atoms with Crippen molar-refractivity contribution < 1.29 is 0 Å². The van der Waals surface area contributed by atoms with Gasteiger partial charge in [0.1, 0.15) is 0 Å². The molecule has 0 saturated heterocycles. The third kappa shape index (κ3) is 5.12. The molecule has 0 atom stereocenters. The molecule has 0 amide bonds. The fraction of sp³-hybridized carbons (Fsp3) is 0. The van der Waals surface area contributed by atoms with Gasteiger partial charge >= 0.3 is 315 Å². The van der Waals surface area contributed by atoms with Crippen molar-refractivity contribution in [3.63, 3.8) is 0 Å². The van der Waals surface area contributed by atoms with Crippen LogP contribution in [0.15, 0.2) is 188 Å². The molecule has 0 N–H and O–H groups in total. The zero-order valence-corrected chi connectivity index (χ0v) is 32.6. The van der Waals surface area contributed by atoms with E-state index in [1.807, 2.05) is 0 Å². The number of fused-ring (bicyclic) bond motifs is 5. The Kier molecular flexibility index (Phi) is 7.82. The molecule has 1 heterocycles. The van der Waals surface area contributed by atoms with Crippen LogP contribution < -0.4 is 13.2 Å². The molecule has 1 aliphatic heterocycles. The van der Waals surface area contributed by atoms with E-state index in [9.17, 15) is 0 Å². The molecule has 2 heteroatoms. The molecule has 0 fully saturated rings. The van der Waals surface area contributed by atoms with Crippen LogP contribution in [0.2, 0.25) is 0 Å². The SMILES string of the molecule is [Ge][c]1ccccc1-c1ccccc1-c1cccc2c(-c3ccccc3-c3ccccc3)c3cccc(-c4ccc[c]5c4-c4cccc[c]4[Ge]5)c3cc12. The minimum atomic E-state index is -0.381. The Morgan fingerprint density at radius 2 is 0.769 bits per heavy atom. The zero-order chi connectivity index (χ0) is 34.6. The number of hydrogen-bond donors (Lipinski definition) is 0. The standard InChI is InChI=1S/C50H31Ge2/c51-46-28-10-8-20-38(46)35-19-6-5-18-34(35)36-23-12-25-41-44(36)31-45-37(40-27-14-30-48-50(40)43-22-9-11-29-47(43)52-48)24-13-26-42(45)49(41)39-21-7-4-17-33(39)32-15-2-1-3-16-32/h1-31H. The average molecular weight is 777 g/mol. The van der Waals surface area contributed by atoms with E-state index in [1.54, 1.807) is 0 Å². The van der Waals surface area contributed by atoms with Crippen LogP contribution in [0.3, 0.4) is 0 Å². The first kappa shape index (κ1) is 31.3. The van der Waals surface area contributed by atoms with Gasteiger partial charge in [-0.2, -0.15) is 0 Å². The van der Waals surface area contributed by atoms with E-state index in [1.165, 1.54) is 101 Å². The van der Waals surface area contributed by atoms with E-state index >= 15 is 0 Å². The summed E-state index contributed by atoms with van der Waals surface area (Å²) < 4.78 is 4.34. The van der Waals surface area contributed by atoms with E-state index in [2.05, 4.69) is 205 Å². The van der Waals surface area contributed by atoms with E-state index in [0.717, 1.165) is 0 Å². The molecule has 1 aliphatic rings. The van der Waals surface area contributed by atoms with E-state index in [4.69, 9.17) is 0 Å². The van der Waals surface area contributed by atoms with Crippen LogP contribution in [0.1, 0.15) is 0 Å². The Labute approximate surface area is 319 Å². The summed E-state index contributed by atoms with van der Waals surface area (Å²) in [5, 5.41) is 5.09. The van der Waals surface area contributed by atoms with Crippen molar-refractivity contribution in [2.45, 2.75) is 0 Å². The number of benzene rings is 9. The van der Waals surface area contributed by atoms with Crippen molar-refractivity contribution in [1.82, 2.24) is 0 Å². The maximum atomic E-state index is 2.50. The third-order valence-electron chi connectivity index (χ3n) is 10.6. The molecule has 0 bridgehead atoms. The van der Waals surface area contributed by atoms with Gasteiger partial charge in [-0.1, -0.05) is 6.07 Å². The predicted octanol–water partition coefficient (Wildman–Crippen LogP) is 10.8. The number of rotatable bonds is 5. The fourth-order valence-corrected chi connectivity index (χ4v) is 11.9.